The van der Waals surface area contributed by atoms with Crippen molar-refractivity contribution in [1.82, 2.24) is 9.55 Å². The van der Waals surface area contributed by atoms with Gasteiger partial charge in [-0.1, -0.05) is 0 Å². The summed E-state index contributed by atoms with van der Waals surface area (Å²) < 4.78 is 7.15. The first-order valence-electron chi connectivity index (χ1n) is 7.37. The fourth-order valence-electron chi connectivity index (χ4n) is 2.33. The van der Waals surface area contributed by atoms with Crippen molar-refractivity contribution in [2.75, 3.05) is 18.5 Å². The van der Waals surface area contributed by atoms with Gasteiger partial charge in [0.2, 0.25) is 0 Å². The van der Waals surface area contributed by atoms with Crippen LogP contribution < -0.4 is 15.6 Å². The number of nitrogens with zero attached hydrogens (tertiary/aromatic N) is 2. The summed E-state index contributed by atoms with van der Waals surface area (Å²) in [7, 11) is 0. The molecule has 2 N–H and O–H groups in total. The Hall–Kier alpha value is -2.34. The van der Waals surface area contributed by atoms with Gasteiger partial charge < -0.3 is 19.7 Å². The van der Waals surface area contributed by atoms with Gasteiger partial charge in [-0.3, -0.25) is 4.79 Å². The fraction of sp³-hybridized carbons (Fsp3) is 0.375. The third-order valence-corrected chi connectivity index (χ3v) is 3.59. The zero-order chi connectivity index (χ0) is 15.5. The number of ether oxygens (including phenoxy) is 1. The molecule has 116 valence electrons. The molecule has 0 atom stereocenters. The first-order chi connectivity index (χ1) is 10.7. The van der Waals surface area contributed by atoms with E-state index in [1.54, 1.807) is 17.0 Å². The lowest BCUT2D eigenvalue weighted by atomic mass is 10.2. The van der Waals surface area contributed by atoms with Crippen LogP contribution in [-0.2, 0) is 0 Å². The Balaban J connectivity index is 1.80. The number of hydrogen-bond acceptors (Lipinski definition) is 5. The Morgan fingerprint density at radius 3 is 2.95 bits per heavy atom. The Morgan fingerprint density at radius 1 is 1.45 bits per heavy atom. The lowest BCUT2D eigenvalue weighted by Gasteiger charge is -2.11. The predicted octanol–water partition coefficient (Wildman–Crippen LogP) is 2.00. The van der Waals surface area contributed by atoms with Crippen LogP contribution in [0, 0.1) is 6.92 Å². The first-order valence-corrected chi connectivity index (χ1v) is 7.37. The molecule has 0 unspecified atom stereocenters. The van der Waals surface area contributed by atoms with Gasteiger partial charge in [-0.15, -0.1) is 0 Å². The van der Waals surface area contributed by atoms with Crippen LogP contribution in [0.1, 0.15) is 24.4 Å². The van der Waals surface area contributed by atoms with E-state index in [4.69, 9.17) is 9.84 Å². The van der Waals surface area contributed by atoms with Gasteiger partial charge in [0, 0.05) is 24.1 Å². The predicted molar refractivity (Wildman–Crippen MR) is 83.8 cm³/mol. The van der Waals surface area contributed by atoms with Crippen molar-refractivity contribution < 1.29 is 9.84 Å². The van der Waals surface area contributed by atoms with Crippen LogP contribution in [0.25, 0.3) is 0 Å². The topological polar surface area (TPSA) is 76.4 Å². The molecule has 1 fully saturated rings. The maximum absolute atomic E-state index is 12.3. The van der Waals surface area contributed by atoms with Crippen LogP contribution in [0.15, 0.2) is 35.4 Å². The summed E-state index contributed by atoms with van der Waals surface area (Å²) in [6.45, 7) is 2.16. The van der Waals surface area contributed by atoms with Crippen molar-refractivity contribution in [1.29, 1.82) is 0 Å². The van der Waals surface area contributed by atoms with E-state index in [2.05, 4.69) is 10.3 Å². The third kappa shape index (κ3) is 3.12. The molecule has 1 aromatic carbocycles. The highest BCUT2D eigenvalue weighted by Crippen LogP contribution is 2.33. The van der Waals surface area contributed by atoms with Gasteiger partial charge in [-0.05, 0) is 43.5 Å². The molecular weight excluding hydrogens is 282 g/mol. The van der Waals surface area contributed by atoms with Gasteiger partial charge in [-0.2, -0.15) is 0 Å². The Morgan fingerprint density at radius 2 is 2.27 bits per heavy atom. The van der Waals surface area contributed by atoms with E-state index in [0.717, 1.165) is 29.8 Å². The van der Waals surface area contributed by atoms with E-state index in [1.165, 1.54) is 0 Å². The minimum absolute atomic E-state index is 0.0198. The minimum atomic E-state index is -0.0942. The second-order valence-corrected chi connectivity index (χ2v) is 5.40. The molecular formula is C16H19N3O3. The number of aliphatic hydroxyl groups is 1. The van der Waals surface area contributed by atoms with Crippen LogP contribution in [0.3, 0.4) is 0 Å². The van der Waals surface area contributed by atoms with E-state index in [-0.39, 0.29) is 18.8 Å². The molecule has 0 saturated heterocycles. The highest BCUT2D eigenvalue weighted by molar-refractivity contribution is 5.58. The molecule has 2 aromatic rings. The summed E-state index contributed by atoms with van der Waals surface area (Å²) in [5, 5.41) is 11.9. The van der Waals surface area contributed by atoms with Gasteiger partial charge in [0.15, 0.2) is 5.82 Å². The van der Waals surface area contributed by atoms with E-state index in [9.17, 15) is 4.79 Å². The highest BCUT2D eigenvalue weighted by Gasteiger charge is 2.25. The molecule has 0 bridgehead atoms. The maximum Gasteiger partial charge on any atom is 0.293 e. The monoisotopic (exact) mass is 301 g/mol. The number of aromatic nitrogens is 2. The molecule has 0 amide bonds. The average Bonchev–Trinajstić information content (AvgIpc) is 3.33. The zero-order valence-electron chi connectivity index (χ0n) is 12.5. The minimum Gasteiger partial charge on any atom is -0.491 e. The molecule has 0 aliphatic heterocycles. The summed E-state index contributed by atoms with van der Waals surface area (Å²) >= 11 is 0. The Labute approximate surface area is 128 Å². The highest BCUT2D eigenvalue weighted by atomic mass is 16.5. The molecule has 1 saturated carbocycles. The molecule has 3 rings (SSSR count). The molecule has 1 aliphatic rings. The molecule has 1 aliphatic carbocycles. The lowest BCUT2D eigenvalue weighted by molar-refractivity contribution is 0.200. The zero-order valence-corrected chi connectivity index (χ0v) is 12.5. The number of anilines is 2. The van der Waals surface area contributed by atoms with Gasteiger partial charge in [0.1, 0.15) is 12.4 Å². The van der Waals surface area contributed by atoms with Crippen molar-refractivity contribution in [3.63, 3.8) is 0 Å². The Bertz CT molecular complexity index is 723. The van der Waals surface area contributed by atoms with Gasteiger partial charge >= 0.3 is 0 Å². The van der Waals surface area contributed by atoms with E-state index < -0.39 is 0 Å². The molecule has 22 heavy (non-hydrogen) atoms. The number of aryl methyl sites for hydroxylation is 1. The number of rotatable bonds is 6. The largest absolute Gasteiger partial charge is 0.491 e. The first kappa shape index (κ1) is 14.6. The Kier molecular flexibility index (Phi) is 4.11. The van der Waals surface area contributed by atoms with Crippen LogP contribution >= 0.6 is 0 Å². The standard InChI is InChI=1S/C16H19N3O3/c1-11-10-12(2-5-14(11)22-9-8-20)18-15-16(21)19(7-6-17-15)13-3-4-13/h2,5-7,10,13,20H,3-4,8-9H2,1H3,(H,17,18). The van der Waals surface area contributed by atoms with Crippen LogP contribution in [0.5, 0.6) is 5.75 Å². The summed E-state index contributed by atoms with van der Waals surface area (Å²) in [4.78, 5) is 16.5. The summed E-state index contributed by atoms with van der Waals surface area (Å²) in [5.41, 5.74) is 1.62. The summed E-state index contributed by atoms with van der Waals surface area (Å²) in [5.74, 6) is 1.05. The van der Waals surface area contributed by atoms with Crippen LogP contribution in [0.4, 0.5) is 11.5 Å². The van der Waals surface area contributed by atoms with E-state index in [0.29, 0.717) is 11.9 Å². The number of nitrogens with one attached hydrogen (secondary N) is 1. The molecule has 1 heterocycles. The smallest absolute Gasteiger partial charge is 0.293 e. The average molecular weight is 301 g/mol. The fourth-order valence-corrected chi connectivity index (χ4v) is 2.33. The van der Waals surface area contributed by atoms with E-state index in [1.807, 2.05) is 25.1 Å². The maximum atomic E-state index is 12.3. The molecule has 6 heteroatoms. The molecule has 1 aromatic heterocycles. The van der Waals surface area contributed by atoms with Gasteiger partial charge in [-0.25, -0.2) is 4.98 Å². The van der Waals surface area contributed by atoms with Crippen molar-refractivity contribution in [3.05, 3.63) is 46.5 Å². The molecule has 0 spiro atoms. The lowest BCUT2D eigenvalue weighted by Crippen LogP contribution is -2.22. The van der Waals surface area contributed by atoms with Crippen molar-refractivity contribution in [2.45, 2.75) is 25.8 Å². The molecule has 6 nitrogen and oxygen atoms in total. The van der Waals surface area contributed by atoms with Crippen LogP contribution in [-0.4, -0.2) is 27.9 Å². The summed E-state index contributed by atoms with van der Waals surface area (Å²) in [6.07, 6.45) is 5.49. The van der Waals surface area contributed by atoms with Gasteiger partial charge in [0.25, 0.3) is 5.56 Å². The van der Waals surface area contributed by atoms with E-state index >= 15 is 0 Å². The van der Waals surface area contributed by atoms with Crippen molar-refractivity contribution in [2.24, 2.45) is 0 Å². The number of aliphatic hydroxyl groups excluding tert-OH is 1. The SMILES string of the molecule is Cc1cc(Nc2nccn(C3CC3)c2=O)ccc1OCCO. The van der Waals surface area contributed by atoms with Gasteiger partial charge in [0.05, 0.1) is 6.61 Å². The van der Waals surface area contributed by atoms with Crippen molar-refractivity contribution in [3.8, 4) is 5.75 Å². The second-order valence-electron chi connectivity index (χ2n) is 5.40. The van der Waals surface area contributed by atoms with Crippen LogP contribution in [0.2, 0.25) is 0 Å². The summed E-state index contributed by atoms with van der Waals surface area (Å²) in [6, 6.07) is 5.86. The molecule has 0 radical (unpaired) electrons. The van der Waals surface area contributed by atoms with Crippen molar-refractivity contribution >= 4 is 11.5 Å². The number of benzene rings is 1. The second kappa shape index (κ2) is 6.19. The normalized spacial score (nSPS) is 13.9. The number of hydrogen-bond donors (Lipinski definition) is 2. The quantitative estimate of drug-likeness (QED) is 0.853. The third-order valence-electron chi connectivity index (χ3n) is 3.59.